The predicted molar refractivity (Wildman–Crippen MR) is 121 cm³/mol. The van der Waals surface area contributed by atoms with Crippen LogP contribution in [-0.2, 0) is 11.3 Å². The number of halogens is 3. The Morgan fingerprint density at radius 2 is 2.21 bits per heavy atom. The van der Waals surface area contributed by atoms with E-state index in [-0.39, 0.29) is 11.7 Å². The fraction of sp³-hybridized carbons (Fsp3) is 0.167. The van der Waals surface area contributed by atoms with E-state index in [1.54, 1.807) is 24.4 Å². The van der Waals surface area contributed by atoms with E-state index in [9.17, 15) is 9.18 Å². The van der Waals surface area contributed by atoms with Gasteiger partial charge in [-0.05, 0) is 53.3 Å². The number of esters is 1. The number of hydrogen-bond acceptors (Lipinski definition) is 5. The number of nitrogens with zero attached hydrogens (tertiary/aromatic N) is 2. The lowest BCUT2D eigenvalue weighted by Crippen LogP contribution is -2.20. The van der Waals surface area contributed by atoms with Crippen LogP contribution in [0.2, 0.25) is 5.02 Å². The van der Waals surface area contributed by atoms with E-state index in [4.69, 9.17) is 28.6 Å². The van der Waals surface area contributed by atoms with Gasteiger partial charge in [0.05, 0.1) is 23.7 Å². The highest BCUT2D eigenvalue weighted by atomic mass is 79.9. The molecule has 29 heavy (non-hydrogen) atoms. The highest BCUT2D eigenvalue weighted by molar-refractivity contribution is 9.10. The van der Waals surface area contributed by atoms with Crippen molar-refractivity contribution in [3.63, 3.8) is 0 Å². The Bertz CT molecular complexity index is 1070. The molecule has 6 nitrogen and oxygen atoms in total. The molecule has 2 aromatic heterocycles. The van der Waals surface area contributed by atoms with Gasteiger partial charge in [-0.25, -0.2) is 9.18 Å². The summed E-state index contributed by atoms with van der Waals surface area (Å²) in [4.78, 5) is 12.8. The number of hydrogen-bond donors (Lipinski definition) is 2. The molecule has 0 saturated carbocycles. The molecule has 0 radical (unpaired) electrons. The van der Waals surface area contributed by atoms with Crippen LogP contribution in [0.4, 0.5) is 15.2 Å². The molecule has 152 valence electrons. The Balaban J connectivity index is 1.73. The normalized spacial score (nSPS) is 10.7. The number of carbonyl (C=O) groups is 1. The number of thiocarbonyl (C=S) groups is 1. The Hall–Kier alpha value is -2.01. The third-order valence-electron chi connectivity index (χ3n) is 3.82. The van der Waals surface area contributed by atoms with Crippen molar-refractivity contribution in [2.24, 2.45) is 0 Å². The maximum absolute atomic E-state index is 14.0. The van der Waals surface area contributed by atoms with Gasteiger partial charge in [0.2, 0.25) is 0 Å². The number of methoxy groups -OCH3 is 1. The summed E-state index contributed by atoms with van der Waals surface area (Å²) >= 11 is 16.2. The first kappa shape index (κ1) is 21.7. The number of aromatic nitrogens is 2. The van der Waals surface area contributed by atoms with Crippen molar-refractivity contribution in [1.82, 2.24) is 9.78 Å². The number of aryl methyl sites for hydroxylation is 1. The van der Waals surface area contributed by atoms with Crippen molar-refractivity contribution in [2.45, 2.75) is 13.5 Å². The second-order valence-electron chi connectivity index (χ2n) is 5.89. The minimum Gasteiger partial charge on any atom is -0.465 e. The molecule has 0 unspecified atom stereocenters. The number of anilines is 2. The molecule has 1 aromatic carbocycles. The summed E-state index contributed by atoms with van der Waals surface area (Å²) in [5.41, 5.74) is 0.742. The highest BCUT2D eigenvalue weighted by Gasteiger charge is 2.17. The average Bonchev–Trinajstić information content (AvgIpc) is 3.19. The van der Waals surface area contributed by atoms with Gasteiger partial charge >= 0.3 is 5.97 Å². The molecule has 0 bridgehead atoms. The van der Waals surface area contributed by atoms with Crippen molar-refractivity contribution < 1.29 is 13.9 Å². The molecular formula is C18H15BrClFN4O2S2. The van der Waals surface area contributed by atoms with Gasteiger partial charge in [0.15, 0.2) is 10.9 Å². The Labute approximate surface area is 189 Å². The number of nitrogens with one attached hydrogen (secondary N) is 2. The molecule has 0 atom stereocenters. The molecule has 0 saturated heterocycles. The summed E-state index contributed by atoms with van der Waals surface area (Å²) in [5, 5.41) is 11.4. The first-order valence-corrected chi connectivity index (χ1v) is 10.6. The van der Waals surface area contributed by atoms with Crippen molar-refractivity contribution in [3.8, 4) is 0 Å². The first-order valence-electron chi connectivity index (χ1n) is 8.21. The molecule has 2 N–H and O–H groups in total. The van der Waals surface area contributed by atoms with E-state index in [0.29, 0.717) is 31.4 Å². The zero-order valence-electron chi connectivity index (χ0n) is 15.3. The largest absolute Gasteiger partial charge is 0.465 e. The standard InChI is InChI=1S/C18H15BrClFN4O2S2/c1-9-6-10(17(26)27-2)16(29-9)23-18(28)22-15-12(19)8-25(24-15)7-11-13(20)4-3-5-14(11)21/h3-6,8H,7H2,1-2H3,(H2,22,23,24,28). The first-order chi connectivity index (χ1) is 13.8. The van der Waals surface area contributed by atoms with Crippen LogP contribution in [0.5, 0.6) is 0 Å². The molecule has 3 rings (SSSR count). The van der Waals surface area contributed by atoms with E-state index < -0.39 is 11.8 Å². The molecule has 0 fully saturated rings. The third-order valence-corrected chi connectivity index (χ3v) is 5.92. The lowest BCUT2D eigenvalue weighted by molar-refractivity contribution is 0.0602. The molecule has 0 aliphatic carbocycles. The maximum Gasteiger partial charge on any atom is 0.340 e. The predicted octanol–water partition coefficient (Wildman–Crippen LogP) is 5.45. The number of rotatable bonds is 5. The minimum atomic E-state index is -0.452. The Kier molecular flexibility index (Phi) is 6.89. The van der Waals surface area contributed by atoms with Crippen molar-refractivity contribution in [3.05, 3.63) is 61.8 Å². The fourth-order valence-corrected chi connectivity index (χ4v) is 4.32. The second-order valence-corrected chi connectivity index (χ2v) is 8.82. The van der Waals surface area contributed by atoms with Crippen molar-refractivity contribution in [1.29, 1.82) is 0 Å². The van der Waals surface area contributed by atoms with Crippen LogP contribution >= 0.6 is 51.1 Å². The van der Waals surface area contributed by atoms with E-state index in [2.05, 4.69) is 31.7 Å². The highest BCUT2D eigenvalue weighted by Crippen LogP contribution is 2.29. The molecule has 0 aliphatic rings. The number of carbonyl (C=O) groups excluding carboxylic acids is 1. The zero-order chi connectivity index (χ0) is 21.1. The van der Waals surface area contributed by atoms with E-state index in [1.165, 1.54) is 29.2 Å². The topological polar surface area (TPSA) is 68.2 Å². The van der Waals surface area contributed by atoms with Crippen molar-refractivity contribution in [2.75, 3.05) is 17.7 Å². The van der Waals surface area contributed by atoms with E-state index in [0.717, 1.165) is 4.88 Å². The van der Waals surface area contributed by atoms with Crippen LogP contribution in [0, 0.1) is 12.7 Å². The van der Waals surface area contributed by atoms with Gasteiger partial charge in [-0.1, -0.05) is 17.7 Å². The summed E-state index contributed by atoms with van der Waals surface area (Å²) in [7, 11) is 1.32. The smallest absolute Gasteiger partial charge is 0.340 e. The molecule has 11 heteroatoms. The minimum absolute atomic E-state index is 0.155. The third kappa shape index (κ3) is 5.13. The van der Waals surface area contributed by atoms with Gasteiger partial charge in [-0.2, -0.15) is 5.10 Å². The fourth-order valence-electron chi connectivity index (χ4n) is 2.52. The van der Waals surface area contributed by atoms with Crippen molar-refractivity contribution >= 4 is 73.0 Å². The lowest BCUT2D eigenvalue weighted by Gasteiger charge is -2.09. The van der Waals surface area contributed by atoms with Crippen LogP contribution < -0.4 is 10.6 Å². The molecular weight excluding hydrogens is 503 g/mol. The summed E-state index contributed by atoms with van der Waals surface area (Å²) in [6.07, 6.45) is 1.68. The molecule has 0 aliphatic heterocycles. The molecule has 3 aromatic rings. The average molecular weight is 518 g/mol. The summed E-state index contributed by atoms with van der Waals surface area (Å²) in [5.74, 6) is -0.422. The van der Waals surface area contributed by atoms with Gasteiger partial charge in [-0.3, -0.25) is 4.68 Å². The Morgan fingerprint density at radius 1 is 1.45 bits per heavy atom. The van der Waals surface area contributed by atoms with Gasteiger partial charge < -0.3 is 15.4 Å². The number of thiophene rings is 1. The molecule has 2 heterocycles. The monoisotopic (exact) mass is 516 g/mol. The van der Waals surface area contributed by atoms with Gasteiger partial charge in [0, 0.05) is 21.7 Å². The summed E-state index contributed by atoms with van der Waals surface area (Å²) < 4.78 is 21.0. The van der Waals surface area contributed by atoms with Crippen LogP contribution in [0.1, 0.15) is 20.8 Å². The second kappa shape index (κ2) is 9.21. The Morgan fingerprint density at radius 3 is 2.90 bits per heavy atom. The van der Waals surface area contributed by atoms with Crippen LogP contribution in [0.3, 0.4) is 0 Å². The van der Waals surface area contributed by atoms with E-state index in [1.807, 2.05) is 6.92 Å². The molecule has 0 spiro atoms. The quantitative estimate of drug-likeness (QED) is 0.346. The number of benzene rings is 1. The van der Waals surface area contributed by atoms with Gasteiger partial charge in [0.1, 0.15) is 10.8 Å². The maximum atomic E-state index is 14.0. The zero-order valence-corrected chi connectivity index (χ0v) is 19.2. The summed E-state index contributed by atoms with van der Waals surface area (Å²) in [6, 6.07) is 6.24. The number of ether oxygens (including phenoxy) is 1. The summed E-state index contributed by atoms with van der Waals surface area (Å²) in [6.45, 7) is 2.04. The van der Waals surface area contributed by atoms with Gasteiger partial charge in [0.25, 0.3) is 0 Å². The van der Waals surface area contributed by atoms with E-state index >= 15 is 0 Å². The lowest BCUT2D eigenvalue weighted by atomic mass is 10.2. The van der Waals surface area contributed by atoms with Crippen LogP contribution in [0.15, 0.2) is 34.9 Å². The SMILES string of the molecule is COC(=O)c1cc(C)sc1NC(=S)Nc1nn(Cc2c(F)cccc2Cl)cc1Br. The van der Waals surface area contributed by atoms with Crippen LogP contribution in [0.25, 0.3) is 0 Å². The van der Waals surface area contributed by atoms with Crippen LogP contribution in [-0.4, -0.2) is 28.0 Å². The molecule has 0 amide bonds. The van der Waals surface area contributed by atoms with Gasteiger partial charge in [-0.15, -0.1) is 11.3 Å².